The van der Waals surface area contributed by atoms with Crippen LogP contribution in [0.5, 0.6) is 0 Å². The third-order valence-electron chi connectivity index (χ3n) is 2.03. The maximum absolute atomic E-state index is 12.7. The smallest absolute Gasteiger partial charge is 0.258 e. The molecular formula is C9H5F7O3S. The molecule has 1 aromatic rings. The zero-order chi connectivity index (χ0) is 15.8. The zero-order valence-corrected chi connectivity index (χ0v) is 10.0. The molecule has 0 bridgehead atoms. The molecule has 0 aliphatic rings. The quantitative estimate of drug-likeness (QED) is 0.487. The number of halogens is 7. The number of alkyl halides is 6. The molecule has 0 atom stereocenters. The number of rotatable bonds is 3. The van der Waals surface area contributed by atoms with Gasteiger partial charge in [0, 0.05) is 0 Å². The third-order valence-corrected chi connectivity index (χ3v) is 3.03. The largest absolute Gasteiger partial charge is 0.523 e. The molecule has 0 saturated heterocycles. The standard InChI is InChI=1S/C9H5F7O3S/c10-6-2-1-5(7(3-6)8(11,12)13)4-19-20(17,18)9(14,15)16/h1-3H,4H2. The molecule has 0 saturated carbocycles. The van der Waals surface area contributed by atoms with Crippen LogP contribution in [0.1, 0.15) is 11.1 Å². The van der Waals surface area contributed by atoms with E-state index in [1.807, 2.05) is 0 Å². The molecule has 0 unspecified atom stereocenters. The molecule has 114 valence electrons. The summed E-state index contributed by atoms with van der Waals surface area (Å²) >= 11 is 0. The Hall–Kier alpha value is -1.36. The Balaban J connectivity index is 3.07. The lowest BCUT2D eigenvalue weighted by Crippen LogP contribution is -2.25. The summed E-state index contributed by atoms with van der Waals surface area (Å²) in [6.45, 7) is -1.52. The first-order valence-electron chi connectivity index (χ1n) is 4.66. The lowest BCUT2D eigenvalue weighted by Gasteiger charge is -2.13. The molecule has 1 aromatic carbocycles. The Morgan fingerprint density at radius 2 is 1.60 bits per heavy atom. The fourth-order valence-corrected chi connectivity index (χ4v) is 1.56. The van der Waals surface area contributed by atoms with E-state index in [-0.39, 0.29) is 6.07 Å². The summed E-state index contributed by atoms with van der Waals surface area (Å²) in [4.78, 5) is 0. The molecule has 1 rings (SSSR count). The number of hydrogen-bond donors (Lipinski definition) is 0. The summed E-state index contributed by atoms with van der Waals surface area (Å²) in [5.41, 5.74) is -8.31. The van der Waals surface area contributed by atoms with Gasteiger partial charge in [-0.15, -0.1) is 0 Å². The van der Waals surface area contributed by atoms with E-state index in [2.05, 4.69) is 4.18 Å². The van der Waals surface area contributed by atoms with E-state index in [0.717, 1.165) is 0 Å². The molecule has 3 nitrogen and oxygen atoms in total. The van der Waals surface area contributed by atoms with Crippen molar-refractivity contribution >= 4 is 10.1 Å². The summed E-state index contributed by atoms with van der Waals surface area (Å²) in [7, 11) is -6.03. The van der Waals surface area contributed by atoms with Crippen molar-refractivity contribution in [3.05, 3.63) is 35.1 Å². The molecule has 0 fully saturated rings. The first-order valence-corrected chi connectivity index (χ1v) is 6.07. The van der Waals surface area contributed by atoms with Crippen molar-refractivity contribution in [1.82, 2.24) is 0 Å². The normalized spacial score (nSPS) is 13.6. The van der Waals surface area contributed by atoms with Gasteiger partial charge in [-0.1, -0.05) is 6.07 Å². The van der Waals surface area contributed by atoms with E-state index < -0.39 is 45.4 Å². The van der Waals surface area contributed by atoms with E-state index in [9.17, 15) is 39.2 Å². The van der Waals surface area contributed by atoms with E-state index in [1.165, 1.54) is 0 Å². The minimum Gasteiger partial charge on any atom is -0.258 e. The van der Waals surface area contributed by atoms with Crippen molar-refractivity contribution in [1.29, 1.82) is 0 Å². The predicted molar refractivity (Wildman–Crippen MR) is 51.2 cm³/mol. The van der Waals surface area contributed by atoms with Crippen LogP contribution in [0.3, 0.4) is 0 Å². The van der Waals surface area contributed by atoms with Gasteiger partial charge in [-0.25, -0.2) is 4.39 Å². The summed E-state index contributed by atoms with van der Waals surface area (Å²) in [5, 5.41) is 0. The molecule has 0 N–H and O–H groups in total. The van der Waals surface area contributed by atoms with Gasteiger partial charge in [-0.3, -0.25) is 4.18 Å². The summed E-state index contributed by atoms with van der Waals surface area (Å²) in [5.74, 6) is -1.28. The van der Waals surface area contributed by atoms with Gasteiger partial charge in [0.15, 0.2) is 0 Å². The van der Waals surface area contributed by atoms with Crippen LogP contribution < -0.4 is 0 Å². The Morgan fingerprint density at radius 3 is 2.05 bits per heavy atom. The molecule has 11 heteroatoms. The topological polar surface area (TPSA) is 43.4 Å². The highest BCUT2D eigenvalue weighted by molar-refractivity contribution is 7.87. The minimum absolute atomic E-state index is 0.0267. The maximum Gasteiger partial charge on any atom is 0.523 e. The van der Waals surface area contributed by atoms with E-state index in [0.29, 0.717) is 12.1 Å². The lowest BCUT2D eigenvalue weighted by atomic mass is 10.1. The van der Waals surface area contributed by atoms with Gasteiger partial charge in [0.25, 0.3) is 0 Å². The summed E-state index contributed by atoms with van der Waals surface area (Å²) in [6.07, 6.45) is -5.07. The van der Waals surface area contributed by atoms with E-state index in [1.54, 1.807) is 0 Å². The SMILES string of the molecule is O=S(=O)(OCc1ccc(F)cc1C(F)(F)F)C(F)(F)F. The zero-order valence-electron chi connectivity index (χ0n) is 9.22. The second-order valence-corrected chi connectivity index (χ2v) is 5.07. The fraction of sp³-hybridized carbons (Fsp3) is 0.333. The van der Waals surface area contributed by atoms with Crippen molar-refractivity contribution < 1.29 is 43.3 Å². The van der Waals surface area contributed by atoms with Gasteiger partial charge in [0.2, 0.25) is 0 Å². The molecule has 0 spiro atoms. The third kappa shape index (κ3) is 3.82. The van der Waals surface area contributed by atoms with Gasteiger partial charge in [0.1, 0.15) is 5.82 Å². The second-order valence-electron chi connectivity index (χ2n) is 3.46. The second kappa shape index (κ2) is 5.20. The van der Waals surface area contributed by atoms with Crippen LogP contribution in [-0.2, 0) is 27.1 Å². The van der Waals surface area contributed by atoms with Gasteiger partial charge in [0.05, 0.1) is 12.2 Å². The molecular weight excluding hydrogens is 321 g/mol. The summed E-state index contributed by atoms with van der Waals surface area (Å²) in [6, 6.07) is 1.05. The van der Waals surface area contributed by atoms with E-state index >= 15 is 0 Å². The molecule has 0 aromatic heterocycles. The van der Waals surface area contributed by atoms with Crippen molar-refractivity contribution in [2.24, 2.45) is 0 Å². The fourth-order valence-electron chi connectivity index (χ4n) is 1.15. The van der Waals surface area contributed by atoms with Crippen LogP contribution in [0.25, 0.3) is 0 Å². The highest BCUT2D eigenvalue weighted by atomic mass is 32.2. The Labute approximate surface area is 108 Å². The first-order chi connectivity index (χ1) is 8.84. The minimum atomic E-state index is -6.03. The summed E-state index contributed by atoms with van der Waals surface area (Å²) < 4.78 is 111. The van der Waals surface area contributed by atoms with Crippen LogP contribution in [0, 0.1) is 5.82 Å². The van der Waals surface area contributed by atoms with Crippen LogP contribution in [0.4, 0.5) is 30.7 Å². The molecule has 0 aliphatic heterocycles. The monoisotopic (exact) mass is 326 g/mol. The van der Waals surface area contributed by atoms with Crippen LogP contribution >= 0.6 is 0 Å². The average Bonchev–Trinajstić information content (AvgIpc) is 2.24. The van der Waals surface area contributed by atoms with Gasteiger partial charge in [-0.05, 0) is 17.7 Å². The number of benzene rings is 1. The lowest BCUT2D eigenvalue weighted by molar-refractivity contribution is -0.138. The number of hydrogen-bond acceptors (Lipinski definition) is 3. The van der Waals surface area contributed by atoms with Crippen LogP contribution in [0.15, 0.2) is 18.2 Å². The van der Waals surface area contributed by atoms with Crippen LogP contribution in [-0.4, -0.2) is 13.9 Å². The Bertz CT molecular complexity index is 589. The van der Waals surface area contributed by atoms with Crippen molar-refractivity contribution in [2.75, 3.05) is 0 Å². The molecule has 20 heavy (non-hydrogen) atoms. The molecule has 0 aliphatic carbocycles. The highest BCUT2D eigenvalue weighted by Gasteiger charge is 2.47. The predicted octanol–water partition coefficient (Wildman–Crippen LogP) is 3.21. The molecule has 0 heterocycles. The highest BCUT2D eigenvalue weighted by Crippen LogP contribution is 2.34. The maximum atomic E-state index is 12.7. The van der Waals surface area contributed by atoms with Gasteiger partial charge in [-0.2, -0.15) is 34.8 Å². The van der Waals surface area contributed by atoms with Crippen LogP contribution in [0.2, 0.25) is 0 Å². The van der Waals surface area contributed by atoms with E-state index in [4.69, 9.17) is 0 Å². The van der Waals surface area contributed by atoms with Crippen molar-refractivity contribution in [2.45, 2.75) is 18.3 Å². The molecule has 0 radical (unpaired) electrons. The van der Waals surface area contributed by atoms with Gasteiger partial charge >= 0.3 is 21.8 Å². The Morgan fingerprint density at radius 1 is 1.05 bits per heavy atom. The average molecular weight is 326 g/mol. The molecule has 0 amide bonds. The Kier molecular flexibility index (Phi) is 4.34. The van der Waals surface area contributed by atoms with Crippen molar-refractivity contribution in [3.8, 4) is 0 Å². The van der Waals surface area contributed by atoms with Crippen molar-refractivity contribution in [3.63, 3.8) is 0 Å². The van der Waals surface area contributed by atoms with Gasteiger partial charge < -0.3 is 0 Å². The first kappa shape index (κ1) is 16.7.